The number of aromatic nitrogens is 2. The molecule has 3 heterocycles. The molecule has 5 nitrogen and oxygen atoms in total. The summed E-state index contributed by atoms with van der Waals surface area (Å²) in [6.45, 7) is 0.450. The Balaban J connectivity index is 1.62. The highest BCUT2D eigenvalue weighted by atomic mass is 16.5. The summed E-state index contributed by atoms with van der Waals surface area (Å²) in [4.78, 5) is 8.15. The van der Waals surface area contributed by atoms with Gasteiger partial charge in [0, 0.05) is 35.7 Å². The van der Waals surface area contributed by atoms with Gasteiger partial charge in [0.05, 0.1) is 11.1 Å². The Kier molecular flexibility index (Phi) is 3.85. The van der Waals surface area contributed by atoms with Crippen LogP contribution in [0, 0.1) is 11.3 Å². The Labute approximate surface area is 144 Å². The van der Waals surface area contributed by atoms with Gasteiger partial charge in [-0.2, -0.15) is 5.26 Å². The second-order valence-electron chi connectivity index (χ2n) is 5.49. The normalized spacial score (nSPS) is 10.5. The van der Waals surface area contributed by atoms with Gasteiger partial charge in [0.2, 0.25) is 0 Å². The summed E-state index contributed by atoms with van der Waals surface area (Å²) in [5, 5.41) is 10.1. The summed E-state index contributed by atoms with van der Waals surface area (Å²) in [7, 11) is 0. The molecule has 25 heavy (non-hydrogen) atoms. The zero-order chi connectivity index (χ0) is 17.1. The molecule has 0 bridgehead atoms. The van der Waals surface area contributed by atoms with Crippen LogP contribution < -0.4 is 4.74 Å². The third kappa shape index (κ3) is 3.06. The molecule has 0 saturated heterocycles. The molecule has 0 saturated carbocycles. The maximum Gasteiger partial charge on any atom is 0.138 e. The number of nitrogens with zero attached hydrogens (tertiary/aromatic N) is 3. The van der Waals surface area contributed by atoms with Gasteiger partial charge in [-0.1, -0.05) is 6.07 Å². The molecular formula is C20H13N3O2. The molecule has 0 aliphatic carbocycles. The van der Waals surface area contributed by atoms with Crippen LogP contribution in [0.25, 0.3) is 22.3 Å². The van der Waals surface area contributed by atoms with E-state index in [1.54, 1.807) is 30.9 Å². The predicted octanol–water partition coefficient (Wildman–Crippen LogP) is 4.34. The molecule has 4 rings (SSSR count). The fourth-order valence-electron chi connectivity index (χ4n) is 2.58. The van der Waals surface area contributed by atoms with E-state index in [1.165, 1.54) is 0 Å². The van der Waals surface area contributed by atoms with Crippen molar-refractivity contribution in [2.24, 2.45) is 0 Å². The first-order valence-electron chi connectivity index (χ1n) is 7.73. The van der Waals surface area contributed by atoms with Gasteiger partial charge in [-0.3, -0.25) is 9.97 Å². The summed E-state index contributed by atoms with van der Waals surface area (Å²) in [6, 6.07) is 15.2. The number of nitriles is 1. The fraction of sp³-hybridized carbons (Fsp3) is 0.0500. The predicted molar refractivity (Wildman–Crippen MR) is 92.7 cm³/mol. The number of pyridine rings is 2. The minimum absolute atomic E-state index is 0.450. The molecule has 3 aromatic heterocycles. The van der Waals surface area contributed by atoms with Crippen molar-refractivity contribution >= 4 is 11.0 Å². The molecule has 0 fully saturated rings. The quantitative estimate of drug-likeness (QED) is 0.557. The fourth-order valence-corrected chi connectivity index (χ4v) is 2.58. The number of furan rings is 1. The Morgan fingerprint density at radius 3 is 2.80 bits per heavy atom. The van der Waals surface area contributed by atoms with Crippen LogP contribution in [-0.2, 0) is 6.61 Å². The summed E-state index contributed by atoms with van der Waals surface area (Å²) in [5.41, 5.74) is 2.95. The van der Waals surface area contributed by atoms with Crippen LogP contribution in [0.1, 0.15) is 11.1 Å². The Morgan fingerprint density at radius 2 is 1.96 bits per heavy atom. The second kappa shape index (κ2) is 6.46. The molecule has 0 aliphatic rings. The van der Waals surface area contributed by atoms with E-state index in [4.69, 9.17) is 9.15 Å². The molecule has 0 atom stereocenters. The van der Waals surface area contributed by atoms with Crippen molar-refractivity contribution in [2.75, 3.05) is 0 Å². The summed E-state index contributed by atoms with van der Waals surface area (Å²) < 4.78 is 11.7. The van der Waals surface area contributed by atoms with Crippen molar-refractivity contribution in [1.82, 2.24) is 9.97 Å². The first kappa shape index (κ1) is 14.9. The van der Waals surface area contributed by atoms with Crippen LogP contribution in [0.4, 0.5) is 0 Å². The topological polar surface area (TPSA) is 71.9 Å². The van der Waals surface area contributed by atoms with Gasteiger partial charge in [-0.25, -0.2) is 0 Å². The van der Waals surface area contributed by atoms with Gasteiger partial charge >= 0.3 is 0 Å². The summed E-state index contributed by atoms with van der Waals surface area (Å²) in [5.74, 6) is 1.36. The van der Waals surface area contributed by atoms with Crippen molar-refractivity contribution in [3.63, 3.8) is 0 Å². The van der Waals surface area contributed by atoms with Crippen LogP contribution in [0.15, 0.2) is 71.7 Å². The zero-order valence-corrected chi connectivity index (χ0v) is 13.2. The minimum atomic E-state index is 0.450. The molecule has 5 heteroatoms. The van der Waals surface area contributed by atoms with Crippen LogP contribution in [-0.4, -0.2) is 9.97 Å². The Morgan fingerprint density at radius 1 is 1.04 bits per heavy atom. The zero-order valence-electron chi connectivity index (χ0n) is 13.2. The third-order valence-electron chi connectivity index (χ3n) is 3.82. The average Bonchev–Trinajstić information content (AvgIpc) is 3.10. The molecule has 1 aromatic carbocycles. The maximum atomic E-state index is 9.23. The van der Waals surface area contributed by atoms with Gasteiger partial charge in [0.15, 0.2) is 0 Å². The Bertz CT molecular complexity index is 1070. The van der Waals surface area contributed by atoms with E-state index in [1.807, 2.05) is 36.4 Å². The molecule has 120 valence electrons. The highest BCUT2D eigenvalue weighted by Crippen LogP contribution is 2.31. The van der Waals surface area contributed by atoms with Crippen molar-refractivity contribution in [1.29, 1.82) is 5.26 Å². The number of ether oxygens (including phenoxy) is 1. The van der Waals surface area contributed by atoms with E-state index in [0.29, 0.717) is 23.5 Å². The van der Waals surface area contributed by atoms with E-state index in [2.05, 4.69) is 16.0 Å². The van der Waals surface area contributed by atoms with Crippen LogP contribution in [0.3, 0.4) is 0 Å². The molecule has 4 aromatic rings. The van der Waals surface area contributed by atoms with Crippen LogP contribution in [0.2, 0.25) is 0 Å². The van der Waals surface area contributed by atoms with Crippen molar-refractivity contribution in [3.8, 4) is 23.1 Å². The van der Waals surface area contributed by atoms with E-state index in [9.17, 15) is 5.26 Å². The Hall–Kier alpha value is -3.65. The molecule has 0 spiro atoms. The third-order valence-corrected chi connectivity index (χ3v) is 3.82. The van der Waals surface area contributed by atoms with Crippen LogP contribution >= 0.6 is 0 Å². The second-order valence-corrected chi connectivity index (χ2v) is 5.49. The lowest BCUT2D eigenvalue weighted by Crippen LogP contribution is -1.95. The number of hydrogen-bond acceptors (Lipinski definition) is 5. The lowest BCUT2D eigenvalue weighted by molar-refractivity contribution is 0.306. The van der Waals surface area contributed by atoms with Gasteiger partial charge in [-0.05, 0) is 36.4 Å². The minimum Gasteiger partial charge on any atom is -0.489 e. The average molecular weight is 327 g/mol. The summed E-state index contributed by atoms with van der Waals surface area (Å²) >= 11 is 0. The summed E-state index contributed by atoms with van der Waals surface area (Å²) in [6.07, 6.45) is 6.74. The van der Waals surface area contributed by atoms with Gasteiger partial charge in [-0.15, -0.1) is 0 Å². The lowest BCUT2D eigenvalue weighted by atomic mass is 10.1. The molecular weight excluding hydrogens is 314 g/mol. The molecule has 0 radical (unpaired) electrons. The molecule has 0 N–H and O–H groups in total. The van der Waals surface area contributed by atoms with Gasteiger partial charge in [0.1, 0.15) is 29.8 Å². The van der Waals surface area contributed by atoms with E-state index in [0.717, 1.165) is 22.3 Å². The number of benzene rings is 1. The standard InChI is InChI=1S/C20H13N3O2/c21-10-15-5-7-23-12-18(15)20-9-16-8-17(3-4-19(16)25-20)24-13-14-2-1-6-22-11-14/h1-9,11-12H,13H2. The maximum absolute atomic E-state index is 9.23. The largest absolute Gasteiger partial charge is 0.489 e. The highest BCUT2D eigenvalue weighted by Gasteiger charge is 2.11. The van der Waals surface area contributed by atoms with Crippen molar-refractivity contribution in [3.05, 3.63) is 78.4 Å². The van der Waals surface area contributed by atoms with Gasteiger partial charge < -0.3 is 9.15 Å². The number of fused-ring (bicyclic) bond motifs is 1. The first-order chi connectivity index (χ1) is 12.3. The monoisotopic (exact) mass is 327 g/mol. The molecule has 0 unspecified atom stereocenters. The molecule has 0 aliphatic heterocycles. The van der Waals surface area contributed by atoms with Crippen LogP contribution in [0.5, 0.6) is 5.75 Å². The van der Waals surface area contributed by atoms with E-state index >= 15 is 0 Å². The number of rotatable bonds is 4. The first-order valence-corrected chi connectivity index (χ1v) is 7.73. The van der Waals surface area contributed by atoms with E-state index in [-0.39, 0.29) is 0 Å². The SMILES string of the molecule is N#Cc1ccncc1-c1cc2cc(OCc3cccnc3)ccc2o1. The molecule has 0 amide bonds. The van der Waals surface area contributed by atoms with E-state index < -0.39 is 0 Å². The number of hydrogen-bond donors (Lipinski definition) is 0. The van der Waals surface area contributed by atoms with Gasteiger partial charge in [0.25, 0.3) is 0 Å². The van der Waals surface area contributed by atoms with Crippen molar-refractivity contribution < 1.29 is 9.15 Å². The lowest BCUT2D eigenvalue weighted by Gasteiger charge is -2.05. The van der Waals surface area contributed by atoms with Crippen molar-refractivity contribution in [2.45, 2.75) is 6.61 Å². The smallest absolute Gasteiger partial charge is 0.138 e. The highest BCUT2D eigenvalue weighted by molar-refractivity contribution is 5.84.